The molecule has 0 N–H and O–H groups in total. The van der Waals surface area contributed by atoms with E-state index in [-0.39, 0.29) is 34.7 Å². The van der Waals surface area contributed by atoms with Crippen LogP contribution in [0.2, 0.25) is 5.02 Å². The van der Waals surface area contributed by atoms with Gasteiger partial charge in [-0.3, -0.25) is 14.4 Å². The minimum absolute atomic E-state index is 0.0652. The van der Waals surface area contributed by atoms with Crippen molar-refractivity contribution in [2.24, 2.45) is 5.92 Å². The summed E-state index contributed by atoms with van der Waals surface area (Å²) >= 11 is 6.02. The molecule has 1 unspecified atom stereocenters. The van der Waals surface area contributed by atoms with Gasteiger partial charge in [-0.1, -0.05) is 23.7 Å². The number of carbonyl (C=O) groups excluding carboxylic acids is 3. The van der Waals surface area contributed by atoms with Gasteiger partial charge in [-0.25, -0.2) is 4.39 Å². The van der Waals surface area contributed by atoms with E-state index in [1.807, 2.05) is 31.2 Å². The third-order valence-corrected chi connectivity index (χ3v) is 6.28. The number of benzene rings is 2. The quantitative estimate of drug-likeness (QED) is 0.668. The Morgan fingerprint density at radius 1 is 1.09 bits per heavy atom. The Bertz CT molecular complexity index is 1070. The van der Waals surface area contributed by atoms with Crippen molar-refractivity contribution in [1.82, 2.24) is 9.80 Å². The summed E-state index contributed by atoms with van der Waals surface area (Å²) in [6.45, 7) is 4.07. The predicted octanol–water partition coefficient (Wildman–Crippen LogP) is 3.22. The summed E-state index contributed by atoms with van der Waals surface area (Å²) in [6, 6.07) is 11.0. The normalized spacial score (nSPS) is 18.6. The summed E-state index contributed by atoms with van der Waals surface area (Å²) < 4.78 is 18.9. The molecule has 2 aliphatic rings. The van der Waals surface area contributed by atoms with Crippen molar-refractivity contribution in [1.29, 1.82) is 0 Å². The van der Waals surface area contributed by atoms with E-state index in [0.717, 1.165) is 6.07 Å². The molecule has 9 heteroatoms. The number of hydrogen-bond donors (Lipinski definition) is 0. The van der Waals surface area contributed by atoms with E-state index in [4.69, 9.17) is 16.3 Å². The number of ether oxygens (including phenoxy) is 1. The molecular weight excluding hydrogens is 449 g/mol. The van der Waals surface area contributed by atoms with Crippen molar-refractivity contribution in [3.05, 3.63) is 58.9 Å². The molecule has 0 aliphatic carbocycles. The van der Waals surface area contributed by atoms with Crippen LogP contribution in [0.15, 0.2) is 42.5 Å². The number of amides is 3. The van der Waals surface area contributed by atoms with E-state index >= 15 is 0 Å². The fourth-order valence-electron chi connectivity index (χ4n) is 4.28. The molecule has 2 saturated heterocycles. The van der Waals surface area contributed by atoms with Gasteiger partial charge < -0.3 is 19.4 Å². The second kappa shape index (κ2) is 9.79. The zero-order valence-electron chi connectivity index (χ0n) is 18.3. The molecule has 1 atom stereocenters. The third kappa shape index (κ3) is 4.80. The van der Waals surface area contributed by atoms with E-state index in [1.54, 1.807) is 14.7 Å². The minimum atomic E-state index is -0.504. The average molecular weight is 474 g/mol. The van der Waals surface area contributed by atoms with E-state index in [2.05, 4.69) is 0 Å². The highest BCUT2D eigenvalue weighted by atomic mass is 35.5. The highest BCUT2D eigenvalue weighted by Gasteiger charge is 2.39. The first-order valence-corrected chi connectivity index (χ1v) is 11.3. The Morgan fingerprint density at radius 2 is 1.79 bits per heavy atom. The number of hydrogen-bond acceptors (Lipinski definition) is 4. The molecule has 7 nitrogen and oxygen atoms in total. The number of nitrogens with zero attached hydrogens (tertiary/aromatic N) is 3. The van der Waals surface area contributed by atoms with Gasteiger partial charge in [0.05, 0.1) is 28.8 Å². The predicted molar refractivity (Wildman–Crippen MR) is 122 cm³/mol. The van der Waals surface area contributed by atoms with Gasteiger partial charge in [-0.15, -0.1) is 0 Å². The summed E-state index contributed by atoms with van der Waals surface area (Å²) in [5.41, 5.74) is 0.911. The standard InChI is InChI=1S/C24H25ClFN3O4/c1-2-33-21-6-4-3-5-20(21)29-15-16(13-22(29)30)23(31)27-9-11-28(12-10-27)24(32)18-8-7-17(26)14-19(18)25/h3-8,14,16H,2,9-13,15H2,1H3. The highest BCUT2D eigenvalue weighted by Crippen LogP contribution is 2.33. The van der Waals surface area contributed by atoms with Crippen molar-refractivity contribution in [2.75, 3.05) is 44.2 Å². The third-order valence-electron chi connectivity index (χ3n) is 5.97. The van der Waals surface area contributed by atoms with Crippen LogP contribution in [0.4, 0.5) is 10.1 Å². The number of carbonyl (C=O) groups is 3. The lowest BCUT2D eigenvalue weighted by molar-refractivity contribution is -0.137. The summed E-state index contributed by atoms with van der Waals surface area (Å²) in [7, 11) is 0. The van der Waals surface area contributed by atoms with Gasteiger partial charge in [-0.2, -0.15) is 0 Å². The van der Waals surface area contributed by atoms with Crippen LogP contribution in [0.3, 0.4) is 0 Å². The fraction of sp³-hybridized carbons (Fsp3) is 0.375. The molecule has 3 amide bonds. The van der Waals surface area contributed by atoms with Gasteiger partial charge in [0.25, 0.3) is 5.91 Å². The summed E-state index contributed by atoms with van der Waals surface area (Å²) in [5, 5.41) is 0.0652. The minimum Gasteiger partial charge on any atom is -0.492 e. The molecular formula is C24H25ClFN3O4. The maximum absolute atomic E-state index is 13.3. The molecule has 2 aromatic carbocycles. The molecule has 0 radical (unpaired) electrons. The second-order valence-electron chi connectivity index (χ2n) is 8.05. The monoisotopic (exact) mass is 473 g/mol. The lowest BCUT2D eigenvalue weighted by Gasteiger charge is -2.36. The van der Waals surface area contributed by atoms with Crippen molar-refractivity contribution < 1.29 is 23.5 Å². The summed E-state index contributed by atoms with van der Waals surface area (Å²) in [4.78, 5) is 43.5. The molecule has 2 aromatic rings. The lowest BCUT2D eigenvalue weighted by atomic mass is 10.1. The Labute approximate surface area is 196 Å². The van der Waals surface area contributed by atoms with Gasteiger partial charge in [-0.05, 0) is 37.3 Å². The maximum atomic E-state index is 13.3. The zero-order valence-corrected chi connectivity index (χ0v) is 19.1. The fourth-order valence-corrected chi connectivity index (χ4v) is 4.53. The van der Waals surface area contributed by atoms with Crippen molar-refractivity contribution in [3.63, 3.8) is 0 Å². The Kier molecular flexibility index (Phi) is 6.83. The first-order valence-electron chi connectivity index (χ1n) is 10.9. The smallest absolute Gasteiger partial charge is 0.255 e. The average Bonchev–Trinajstić information content (AvgIpc) is 3.20. The van der Waals surface area contributed by atoms with Gasteiger partial charge in [0.2, 0.25) is 11.8 Å². The van der Waals surface area contributed by atoms with Crippen molar-refractivity contribution in [2.45, 2.75) is 13.3 Å². The van der Waals surface area contributed by atoms with Gasteiger partial charge in [0.1, 0.15) is 11.6 Å². The van der Waals surface area contributed by atoms with Crippen LogP contribution in [0.25, 0.3) is 0 Å². The number of para-hydroxylation sites is 2. The van der Waals surface area contributed by atoms with E-state index in [1.165, 1.54) is 12.1 Å². The number of anilines is 1. The summed E-state index contributed by atoms with van der Waals surface area (Å²) in [5.74, 6) is -0.821. The molecule has 2 aliphatic heterocycles. The van der Waals surface area contributed by atoms with Crippen molar-refractivity contribution >= 4 is 35.0 Å². The second-order valence-corrected chi connectivity index (χ2v) is 8.45. The van der Waals surface area contributed by atoms with Gasteiger partial charge >= 0.3 is 0 Å². The molecule has 174 valence electrons. The Hall–Kier alpha value is -3.13. The lowest BCUT2D eigenvalue weighted by Crippen LogP contribution is -2.52. The summed E-state index contributed by atoms with van der Waals surface area (Å²) in [6.07, 6.45) is 0.142. The van der Waals surface area contributed by atoms with Gasteiger partial charge in [0.15, 0.2) is 0 Å². The molecule has 33 heavy (non-hydrogen) atoms. The number of halogens is 2. The van der Waals surface area contributed by atoms with E-state index in [0.29, 0.717) is 50.8 Å². The number of rotatable bonds is 5. The number of piperazine rings is 1. The van der Waals surface area contributed by atoms with Crippen LogP contribution in [0.1, 0.15) is 23.7 Å². The van der Waals surface area contributed by atoms with Crippen LogP contribution in [0.5, 0.6) is 5.75 Å². The first kappa shape index (κ1) is 23.0. The van der Waals surface area contributed by atoms with Crippen molar-refractivity contribution in [3.8, 4) is 5.75 Å². The van der Waals surface area contributed by atoms with Crippen LogP contribution < -0.4 is 9.64 Å². The molecule has 0 saturated carbocycles. The van der Waals surface area contributed by atoms with E-state index in [9.17, 15) is 18.8 Å². The van der Waals surface area contributed by atoms with E-state index < -0.39 is 11.7 Å². The molecule has 0 bridgehead atoms. The topological polar surface area (TPSA) is 70.2 Å². The van der Waals surface area contributed by atoms with Crippen LogP contribution in [0, 0.1) is 11.7 Å². The first-order chi connectivity index (χ1) is 15.9. The van der Waals surface area contributed by atoms with Crippen LogP contribution in [-0.4, -0.2) is 66.9 Å². The molecule has 2 fully saturated rings. The molecule has 2 heterocycles. The van der Waals surface area contributed by atoms with Gasteiger partial charge in [0, 0.05) is 39.1 Å². The molecule has 4 rings (SSSR count). The van der Waals surface area contributed by atoms with Crippen LogP contribution >= 0.6 is 11.6 Å². The Balaban J connectivity index is 1.37. The maximum Gasteiger partial charge on any atom is 0.255 e. The zero-order chi connectivity index (χ0) is 23.5. The highest BCUT2D eigenvalue weighted by molar-refractivity contribution is 6.33. The largest absolute Gasteiger partial charge is 0.492 e. The Morgan fingerprint density at radius 3 is 2.48 bits per heavy atom. The SMILES string of the molecule is CCOc1ccccc1N1CC(C(=O)N2CCN(C(=O)c3ccc(F)cc3Cl)CC2)CC1=O. The molecule has 0 spiro atoms. The van der Waals surface area contributed by atoms with Crippen LogP contribution in [-0.2, 0) is 9.59 Å². The molecule has 0 aromatic heterocycles.